The standard InChI is InChI=1S/C15H24N4O/c1-9(2)14-12(7-17-11(4)18-14)15(20)19-13-8-16-6-5-10(13)3/h7,9-10,13,16H,5-6,8H2,1-4H3,(H,19,20). The monoisotopic (exact) mass is 276 g/mol. The molecule has 5 heteroatoms. The summed E-state index contributed by atoms with van der Waals surface area (Å²) in [7, 11) is 0. The Balaban J connectivity index is 2.16. The Bertz CT molecular complexity index is 487. The predicted octanol–water partition coefficient (Wildman–Crippen LogP) is 1.64. The number of rotatable bonds is 3. The molecule has 2 unspecified atom stereocenters. The van der Waals surface area contributed by atoms with Gasteiger partial charge in [-0.3, -0.25) is 4.79 Å². The number of amides is 1. The third kappa shape index (κ3) is 3.33. The maximum Gasteiger partial charge on any atom is 0.254 e. The molecule has 0 radical (unpaired) electrons. The van der Waals surface area contributed by atoms with Gasteiger partial charge in [-0.05, 0) is 31.7 Å². The Morgan fingerprint density at radius 1 is 1.50 bits per heavy atom. The molecule has 2 heterocycles. The van der Waals surface area contributed by atoms with Gasteiger partial charge in [0.15, 0.2) is 0 Å². The van der Waals surface area contributed by atoms with Gasteiger partial charge in [-0.2, -0.15) is 0 Å². The van der Waals surface area contributed by atoms with Crippen LogP contribution >= 0.6 is 0 Å². The van der Waals surface area contributed by atoms with Crippen molar-refractivity contribution in [1.82, 2.24) is 20.6 Å². The second-order valence-corrected chi connectivity index (χ2v) is 5.92. The molecule has 2 rings (SSSR count). The average Bonchev–Trinajstić information content (AvgIpc) is 2.41. The van der Waals surface area contributed by atoms with Crippen molar-refractivity contribution in [1.29, 1.82) is 0 Å². The normalized spacial score (nSPS) is 22.9. The van der Waals surface area contributed by atoms with Crippen LogP contribution in [0.25, 0.3) is 0 Å². The van der Waals surface area contributed by atoms with Gasteiger partial charge in [-0.15, -0.1) is 0 Å². The fraction of sp³-hybridized carbons (Fsp3) is 0.667. The van der Waals surface area contributed by atoms with E-state index in [1.807, 2.05) is 20.8 Å². The van der Waals surface area contributed by atoms with Crippen LogP contribution in [0, 0.1) is 12.8 Å². The molecule has 0 aliphatic carbocycles. The summed E-state index contributed by atoms with van der Waals surface area (Å²) in [5.41, 5.74) is 1.43. The summed E-state index contributed by atoms with van der Waals surface area (Å²) in [6.45, 7) is 9.98. The van der Waals surface area contributed by atoms with Crippen LogP contribution in [0.4, 0.5) is 0 Å². The zero-order valence-electron chi connectivity index (χ0n) is 12.7. The first-order valence-electron chi connectivity index (χ1n) is 7.34. The minimum atomic E-state index is -0.0609. The summed E-state index contributed by atoms with van der Waals surface area (Å²) >= 11 is 0. The highest BCUT2D eigenvalue weighted by molar-refractivity contribution is 5.95. The van der Waals surface area contributed by atoms with Crippen LogP contribution in [-0.4, -0.2) is 35.0 Å². The van der Waals surface area contributed by atoms with E-state index >= 15 is 0 Å². The summed E-state index contributed by atoms with van der Waals surface area (Å²) in [4.78, 5) is 21.1. The highest BCUT2D eigenvalue weighted by Crippen LogP contribution is 2.18. The van der Waals surface area contributed by atoms with Crippen molar-refractivity contribution in [2.75, 3.05) is 13.1 Å². The lowest BCUT2D eigenvalue weighted by molar-refractivity contribution is 0.0913. The molecule has 2 atom stereocenters. The minimum Gasteiger partial charge on any atom is -0.348 e. The van der Waals surface area contributed by atoms with E-state index in [1.165, 1.54) is 0 Å². The minimum absolute atomic E-state index is 0.0609. The first-order chi connectivity index (χ1) is 9.49. The van der Waals surface area contributed by atoms with E-state index in [4.69, 9.17) is 0 Å². The molecular weight excluding hydrogens is 252 g/mol. The Hall–Kier alpha value is -1.49. The van der Waals surface area contributed by atoms with Crippen LogP contribution in [0.5, 0.6) is 0 Å². The Kier molecular flexibility index (Phi) is 4.70. The number of carbonyl (C=O) groups excluding carboxylic acids is 1. The van der Waals surface area contributed by atoms with Crippen molar-refractivity contribution in [3.05, 3.63) is 23.3 Å². The number of carbonyl (C=O) groups is 1. The summed E-state index contributed by atoms with van der Waals surface area (Å²) in [6, 6.07) is 0.178. The van der Waals surface area contributed by atoms with E-state index in [9.17, 15) is 4.79 Å². The third-order valence-corrected chi connectivity index (χ3v) is 3.87. The van der Waals surface area contributed by atoms with Crippen LogP contribution in [0.15, 0.2) is 6.20 Å². The van der Waals surface area contributed by atoms with Crippen LogP contribution in [0.3, 0.4) is 0 Å². The van der Waals surface area contributed by atoms with E-state index in [-0.39, 0.29) is 17.9 Å². The number of hydrogen-bond donors (Lipinski definition) is 2. The lowest BCUT2D eigenvalue weighted by Crippen LogP contribution is -2.50. The lowest BCUT2D eigenvalue weighted by atomic mass is 9.94. The van der Waals surface area contributed by atoms with Crippen LogP contribution in [-0.2, 0) is 0 Å². The van der Waals surface area contributed by atoms with Crippen LogP contribution in [0.1, 0.15) is 55.0 Å². The van der Waals surface area contributed by atoms with Gasteiger partial charge in [0, 0.05) is 18.8 Å². The number of nitrogens with one attached hydrogen (secondary N) is 2. The smallest absolute Gasteiger partial charge is 0.254 e. The van der Waals surface area contributed by atoms with Crippen molar-refractivity contribution in [3.63, 3.8) is 0 Å². The fourth-order valence-electron chi connectivity index (χ4n) is 2.53. The average molecular weight is 276 g/mol. The molecule has 0 bridgehead atoms. The summed E-state index contributed by atoms with van der Waals surface area (Å²) in [5, 5.41) is 6.44. The molecule has 2 N–H and O–H groups in total. The molecule has 1 saturated heterocycles. The molecule has 0 saturated carbocycles. The molecule has 1 aromatic rings. The molecule has 1 aliphatic heterocycles. The molecule has 5 nitrogen and oxygen atoms in total. The molecule has 20 heavy (non-hydrogen) atoms. The predicted molar refractivity (Wildman–Crippen MR) is 78.8 cm³/mol. The zero-order chi connectivity index (χ0) is 14.7. The Labute approximate surface area is 120 Å². The maximum absolute atomic E-state index is 12.5. The molecule has 0 spiro atoms. The molecule has 0 aromatic carbocycles. The van der Waals surface area contributed by atoms with E-state index in [0.29, 0.717) is 17.3 Å². The number of piperidine rings is 1. The molecule has 1 amide bonds. The highest BCUT2D eigenvalue weighted by Gasteiger charge is 2.25. The van der Waals surface area contributed by atoms with Gasteiger partial charge in [0.1, 0.15) is 5.82 Å². The maximum atomic E-state index is 12.5. The van der Waals surface area contributed by atoms with Gasteiger partial charge in [0.25, 0.3) is 5.91 Å². The van der Waals surface area contributed by atoms with Gasteiger partial charge in [0.2, 0.25) is 0 Å². The van der Waals surface area contributed by atoms with Crippen molar-refractivity contribution < 1.29 is 4.79 Å². The number of aryl methyl sites for hydroxylation is 1. The third-order valence-electron chi connectivity index (χ3n) is 3.87. The van der Waals surface area contributed by atoms with Crippen molar-refractivity contribution in [2.45, 2.75) is 46.1 Å². The molecule has 1 fully saturated rings. The topological polar surface area (TPSA) is 66.9 Å². The quantitative estimate of drug-likeness (QED) is 0.880. The summed E-state index contributed by atoms with van der Waals surface area (Å²) in [6.07, 6.45) is 2.74. The van der Waals surface area contributed by atoms with Crippen molar-refractivity contribution >= 4 is 5.91 Å². The molecule has 1 aromatic heterocycles. The van der Waals surface area contributed by atoms with Gasteiger partial charge in [-0.1, -0.05) is 20.8 Å². The largest absolute Gasteiger partial charge is 0.348 e. The first-order valence-corrected chi connectivity index (χ1v) is 7.34. The van der Waals surface area contributed by atoms with E-state index in [1.54, 1.807) is 6.20 Å². The molecular formula is C15H24N4O. The van der Waals surface area contributed by atoms with E-state index in [0.717, 1.165) is 25.2 Å². The van der Waals surface area contributed by atoms with E-state index < -0.39 is 0 Å². The summed E-state index contributed by atoms with van der Waals surface area (Å²) < 4.78 is 0. The zero-order valence-corrected chi connectivity index (χ0v) is 12.7. The van der Waals surface area contributed by atoms with Crippen molar-refractivity contribution in [3.8, 4) is 0 Å². The Morgan fingerprint density at radius 3 is 2.90 bits per heavy atom. The molecule has 110 valence electrons. The van der Waals surface area contributed by atoms with E-state index in [2.05, 4.69) is 27.5 Å². The lowest BCUT2D eigenvalue weighted by Gasteiger charge is -2.30. The van der Waals surface area contributed by atoms with Crippen LogP contribution in [0.2, 0.25) is 0 Å². The number of aromatic nitrogens is 2. The van der Waals surface area contributed by atoms with Gasteiger partial charge < -0.3 is 10.6 Å². The second kappa shape index (κ2) is 6.31. The Morgan fingerprint density at radius 2 is 2.25 bits per heavy atom. The summed E-state index contributed by atoms with van der Waals surface area (Å²) in [5.74, 6) is 1.35. The molecule has 1 aliphatic rings. The number of nitrogens with zero attached hydrogens (tertiary/aromatic N) is 2. The van der Waals surface area contributed by atoms with Gasteiger partial charge >= 0.3 is 0 Å². The van der Waals surface area contributed by atoms with Gasteiger partial charge in [-0.25, -0.2) is 9.97 Å². The fourth-order valence-corrected chi connectivity index (χ4v) is 2.53. The van der Waals surface area contributed by atoms with Crippen LogP contribution < -0.4 is 10.6 Å². The SMILES string of the molecule is Cc1ncc(C(=O)NC2CNCCC2C)c(C(C)C)n1. The number of hydrogen-bond acceptors (Lipinski definition) is 4. The van der Waals surface area contributed by atoms with Crippen molar-refractivity contribution in [2.24, 2.45) is 5.92 Å². The highest BCUT2D eigenvalue weighted by atomic mass is 16.1. The van der Waals surface area contributed by atoms with Gasteiger partial charge in [0.05, 0.1) is 11.3 Å². The first kappa shape index (κ1) is 14.9. The second-order valence-electron chi connectivity index (χ2n) is 5.92.